The Hall–Kier alpha value is 0.140. The first-order valence-corrected chi connectivity index (χ1v) is 0.224. The van der Waals surface area contributed by atoms with Crippen LogP contribution in [0.15, 0.2) is 0 Å². The van der Waals surface area contributed by atoms with E-state index in [9.17, 15) is 0 Å². The lowest BCUT2D eigenvalue weighted by atomic mass is 11.9. The molecule has 3 nitrogen and oxygen atoms in total. The third-order valence-corrected chi connectivity index (χ3v) is 0. The van der Waals surface area contributed by atoms with E-state index in [1.54, 1.807) is 0 Å². The minimum atomic E-state index is 0. The minimum absolute atomic E-state index is 0. The molecule has 5 heavy (non-hydrogen) atoms. The zero-order valence-corrected chi connectivity index (χ0v) is 5.48. The highest BCUT2D eigenvalue weighted by Crippen LogP contribution is 0.626. The third kappa shape index (κ3) is 967. The highest BCUT2D eigenvalue weighted by molar-refractivity contribution is 3.44. The molecule has 0 atom stereocenters. The monoisotopic (exact) mass is 189 g/mol. The van der Waals surface area contributed by atoms with Crippen LogP contribution in [0.4, 0.5) is 0 Å². The Bertz CT molecular complexity index is 11.6. The van der Waals surface area contributed by atoms with Crippen LogP contribution in [0.25, 0.3) is 0 Å². The molecule has 0 saturated carbocycles. The van der Waals surface area contributed by atoms with E-state index in [1.165, 1.54) is 0 Å². The Morgan fingerprint density at radius 1 is 1.00 bits per heavy atom. The average molecular weight is 189 g/mol. The lowest BCUT2D eigenvalue weighted by molar-refractivity contribution is -0.00000166. The molecular formula is CH8IN3. The summed E-state index contributed by atoms with van der Waals surface area (Å²) in [4.78, 5) is 0. The summed E-state index contributed by atoms with van der Waals surface area (Å²) < 4.78 is 0. The molecule has 0 spiro atoms. The number of halogens is 1. The molecule has 0 bridgehead atoms. The highest BCUT2D eigenvalue weighted by atomic mass is 127. The second kappa shape index (κ2) is 2080. The van der Waals surface area contributed by atoms with Gasteiger partial charge in [-0.25, -0.2) is 0 Å². The Balaban J connectivity index is -0.00000000167. The van der Waals surface area contributed by atoms with Crippen LogP contribution in [0.2, 0.25) is 0 Å². The van der Waals surface area contributed by atoms with Crippen molar-refractivity contribution in [3.8, 4) is 0 Å². The molecule has 0 aliphatic carbocycles. The molecule has 0 aromatic carbocycles. The van der Waals surface area contributed by atoms with E-state index < -0.39 is 0 Å². The number of nitrogens with zero attached hydrogens (tertiary/aromatic N) is 1. The molecule has 0 aromatic heterocycles. The maximum Gasteiger partial charge on any atom is -0.369 e. The van der Waals surface area contributed by atoms with Crippen molar-refractivity contribution in [2.24, 2.45) is 0 Å². The molecule has 0 aromatic rings. The SMILES string of the molecule is [C-]#N.[I-].[NH4+].[NH4+]. The fourth-order valence-electron chi connectivity index (χ4n) is 0. The molecule has 0 fully saturated rings. The smallest absolute Gasteiger partial charge is 0.369 e. The van der Waals surface area contributed by atoms with Crippen LogP contribution in [0.1, 0.15) is 0 Å². The van der Waals surface area contributed by atoms with Gasteiger partial charge < -0.3 is 48.1 Å². The number of hydrogen-bond donors (Lipinski definition) is 2. The topological polar surface area (TPSA) is 96.8 Å². The van der Waals surface area contributed by atoms with Crippen molar-refractivity contribution in [1.29, 1.82) is 5.26 Å². The van der Waals surface area contributed by atoms with Gasteiger partial charge in [0.1, 0.15) is 0 Å². The third-order valence-electron chi connectivity index (χ3n) is 0. The Labute approximate surface area is 48.5 Å². The van der Waals surface area contributed by atoms with E-state index in [-0.39, 0.29) is 36.3 Å². The highest BCUT2D eigenvalue weighted by Gasteiger charge is 0.0775. The predicted molar refractivity (Wildman–Crippen MR) is 16.9 cm³/mol. The van der Waals surface area contributed by atoms with E-state index in [1.807, 2.05) is 0 Å². The average Bonchev–Trinajstić information content (AvgIpc) is 1.00. The number of rotatable bonds is 0. The first kappa shape index (κ1) is 67.8. The Morgan fingerprint density at radius 2 is 1.00 bits per heavy atom. The number of quaternary nitrogens is 2. The molecule has 0 radical (unpaired) electrons. The first-order valence-electron chi connectivity index (χ1n) is 0.224. The van der Waals surface area contributed by atoms with Gasteiger partial charge in [-0.2, -0.15) is 0 Å². The zero-order valence-electron chi connectivity index (χ0n) is 3.33. The van der Waals surface area contributed by atoms with Crippen LogP contribution in [-0.4, -0.2) is 0 Å². The van der Waals surface area contributed by atoms with E-state index in [0.717, 1.165) is 0 Å². The van der Waals surface area contributed by atoms with Crippen molar-refractivity contribution in [2.75, 3.05) is 0 Å². The van der Waals surface area contributed by atoms with E-state index in [4.69, 9.17) is 11.8 Å². The quantitative estimate of drug-likeness (QED) is 0.329. The van der Waals surface area contributed by atoms with Crippen LogP contribution in [0, 0.1) is 11.8 Å². The van der Waals surface area contributed by atoms with Crippen molar-refractivity contribution in [3.05, 3.63) is 6.57 Å². The molecule has 0 heterocycles. The zero-order chi connectivity index (χ0) is 2.00. The summed E-state index contributed by atoms with van der Waals surface area (Å²) in [6.45, 7) is 4.75. The summed E-state index contributed by atoms with van der Waals surface area (Å²) in [5.74, 6) is 0. The standard InChI is InChI=1S/CN.HI.2H3N/c1-2;;;/h;1H;2*1H3/q-1;;;/p+1. The molecule has 8 N–H and O–H groups in total. The normalized spacial score (nSPS) is 0.400. The van der Waals surface area contributed by atoms with Gasteiger partial charge in [-0.05, 0) is 0 Å². The molecule has 0 unspecified atom stereocenters. The maximum absolute atomic E-state index is 6.25. The molecule has 4 heteroatoms. The van der Waals surface area contributed by atoms with E-state index >= 15 is 0 Å². The summed E-state index contributed by atoms with van der Waals surface area (Å²) in [5.41, 5.74) is 0. The van der Waals surface area contributed by atoms with Crippen LogP contribution in [0.5, 0.6) is 0 Å². The van der Waals surface area contributed by atoms with Crippen molar-refractivity contribution in [2.45, 2.75) is 0 Å². The summed E-state index contributed by atoms with van der Waals surface area (Å²) in [7, 11) is 0. The lowest BCUT2D eigenvalue weighted by Gasteiger charge is -1.08. The second-order valence-corrected chi connectivity index (χ2v) is 0. The predicted octanol–water partition coefficient (Wildman–Crippen LogP) is -2.15. The van der Waals surface area contributed by atoms with Crippen LogP contribution >= 0.6 is 0 Å². The van der Waals surface area contributed by atoms with E-state index in [2.05, 4.69) is 0 Å². The Morgan fingerprint density at radius 3 is 1.00 bits per heavy atom. The van der Waals surface area contributed by atoms with Gasteiger partial charge in [-0.3, -0.25) is 0 Å². The lowest BCUT2D eigenvalue weighted by Crippen LogP contribution is -3.00. The number of hydrogen-bond acceptors (Lipinski definition) is 1. The molecular weight excluding hydrogens is 181 g/mol. The summed E-state index contributed by atoms with van der Waals surface area (Å²) >= 11 is 0. The molecule has 34 valence electrons. The summed E-state index contributed by atoms with van der Waals surface area (Å²) in [5, 5.41) is 6.25. The second-order valence-electron chi connectivity index (χ2n) is 0. The summed E-state index contributed by atoms with van der Waals surface area (Å²) in [6, 6.07) is 0. The van der Waals surface area contributed by atoms with Gasteiger partial charge in [-0.15, -0.1) is 0 Å². The molecule has 0 amide bonds. The molecule has 0 rings (SSSR count). The van der Waals surface area contributed by atoms with Crippen LogP contribution < -0.4 is 36.3 Å². The Kier molecular flexibility index (Phi) is 28200. The van der Waals surface area contributed by atoms with E-state index in [0.29, 0.717) is 0 Å². The fourth-order valence-corrected chi connectivity index (χ4v) is 0. The van der Waals surface area contributed by atoms with Crippen molar-refractivity contribution in [1.82, 2.24) is 12.3 Å². The summed E-state index contributed by atoms with van der Waals surface area (Å²) in [6.07, 6.45) is 0. The first-order chi connectivity index (χ1) is 1.00. The van der Waals surface area contributed by atoms with Crippen LogP contribution in [0.3, 0.4) is 0 Å². The fraction of sp³-hybridized carbons (Fsp3) is 0. The molecule has 0 saturated heterocycles. The van der Waals surface area contributed by atoms with Gasteiger partial charge in [-0.1, -0.05) is 0 Å². The van der Waals surface area contributed by atoms with Crippen LogP contribution in [-0.2, 0) is 0 Å². The molecule has 0 aliphatic heterocycles. The van der Waals surface area contributed by atoms with Crippen molar-refractivity contribution >= 4 is 0 Å². The van der Waals surface area contributed by atoms with Crippen molar-refractivity contribution < 1.29 is 24.0 Å². The van der Waals surface area contributed by atoms with Gasteiger partial charge in [0.05, 0.1) is 0 Å². The van der Waals surface area contributed by atoms with Gasteiger partial charge >= 0.3 is 0 Å². The minimum Gasteiger partial charge on any atom is -1.00 e. The van der Waals surface area contributed by atoms with Gasteiger partial charge in [0.25, 0.3) is 0 Å². The van der Waals surface area contributed by atoms with Gasteiger partial charge in [0.2, 0.25) is 0 Å². The molecule has 0 aliphatic rings. The van der Waals surface area contributed by atoms with Crippen molar-refractivity contribution in [3.63, 3.8) is 0 Å². The van der Waals surface area contributed by atoms with Gasteiger partial charge in [0.15, 0.2) is 0 Å². The maximum atomic E-state index is 6.25. The van der Waals surface area contributed by atoms with Gasteiger partial charge in [0, 0.05) is 0 Å². The largest absolute Gasteiger partial charge is 1.00 e.